The van der Waals surface area contributed by atoms with Gasteiger partial charge in [0, 0.05) is 18.0 Å². The van der Waals surface area contributed by atoms with Crippen LogP contribution in [0.4, 0.5) is 0 Å². The lowest BCUT2D eigenvalue weighted by molar-refractivity contribution is 0.0967. The lowest BCUT2D eigenvalue weighted by Gasteiger charge is -2.15. The highest BCUT2D eigenvalue weighted by molar-refractivity contribution is 5.97. The summed E-state index contributed by atoms with van der Waals surface area (Å²) in [5.41, 5.74) is 6.57. The summed E-state index contributed by atoms with van der Waals surface area (Å²) in [5, 5.41) is 0. The molecule has 0 fully saturated rings. The Kier molecular flexibility index (Phi) is 6.52. The minimum Gasteiger partial charge on any atom is -0.490 e. The van der Waals surface area contributed by atoms with Crippen molar-refractivity contribution in [2.24, 2.45) is 11.7 Å². The number of Topliss-reactive ketones (excluding diaryl/α,β-unsaturated/α-hetero) is 1. The monoisotopic (exact) mass is 279 g/mol. The quantitative estimate of drug-likeness (QED) is 0.743. The van der Waals surface area contributed by atoms with Crippen LogP contribution in [0.3, 0.4) is 0 Å². The van der Waals surface area contributed by atoms with Crippen LogP contribution in [0.2, 0.25) is 0 Å². The third-order valence-corrected chi connectivity index (χ3v) is 3.14. The van der Waals surface area contributed by atoms with Crippen LogP contribution in [-0.2, 0) is 0 Å². The first-order chi connectivity index (χ1) is 9.49. The van der Waals surface area contributed by atoms with Gasteiger partial charge in [0.25, 0.3) is 0 Å². The van der Waals surface area contributed by atoms with E-state index in [-0.39, 0.29) is 17.7 Å². The van der Waals surface area contributed by atoms with Crippen molar-refractivity contribution in [1.29, 1.82) is 0 Å². The van der Waals surface area contributed by atoms with Crippen LogP contribution in [0.25, 0.3) is 0 Å². The Hall–Kier alpha value is -1.55. The minimum absolute atomic E-state index is 0.0372. The maximum absolute atomic E-state index is 12.2. The zero-order valence-corrected chi connectivity index (χ0v) is 12.8. The van der Waals surface area contributed by atoms with Crippen molar-refractivity contribution in [2.75, 3.05) is 13.2 Å². The fraction of sp³-hybridized carbons (Fsp3) is 0.562. The van der Waals surface area contributed by atoms with Crippen LogP contribution >= 0.6 is 0 Å². The lowest BCUT2D eigenvalue weighted by atomic mass is 9.96. The fourth-order valence-corrected chi connectivity index (χ4v) is 1.79. The van der Waals surface area contributed by atoms with Crippen LogP contribution in [-0.4, -0.2) is 25.0 Å². The average Bonchev–Trinajstić information content (AvgIpc) is 2.41. The van der Waals surface area contributed by atoms with Gasteiger partial charge in [-0.3, -0.25) is 4.79 Å². The fourth-order valence-electron chi connectivity index (χ4n) is 1.79. The molecule has 1 rings (SSSR count). The van der Waals surface area contributed by atoms with E-state index in [1.165, 1.54) is 0 Å². The summed E-state index contributed by atoms with van der Waals surface area (Å²) in [7, 11) is 0. The largest absolute Gasteiger partial charge is 0.490 e. The molecule has 0 radical (unpaired) electrons. The third-order valence-electron chi connectivity index (χ3n) is 3.14. The summed E-state index contributed by atoms with van der Waals surface area (Å²) in [5.74, 6) is 1.60. The Labute approximate surface area is 121 Å². The zero-order valence-electron chi connectivity index (χ0n) is 12.8. The van der Waals surface area contributed by atoms with Crippen molar-refractivity contribution < 1.29 is 14.3 Å². The molecule has 0 aromatic heterocycles. The summed E-state index contributed by atoms with van der Waals surface area (Å²) in [4.78, 5) is 12.2. The predicted molar refractivity (Wildman–Crippen MR) is 80.5 cm³/mol. The molecule has 0 heterocycles. The number of ether oxygens (including phenoxy) is 2. The van der Waals surface area contributed by atoms with E-state index in [0.29, 0.717) is 36.7 Å². The molecule has 20 heavy (non-hydrogen) atoms. The van der Waals surface area contributed by atoms with Crippen molar-refractivity contribution >= 4 is 5.78 Å². The van der Waals surface area contributed by atoms with Crippen LogP contribution in [0.15, 0.2) is 18.2 Å². The lowest BCUT2D eigenvalue weighted by Crippen LogP contribution is -2.29. The predicted octanol–water partition coefficient (Wildman–Crippen LogP) is 3.04. The number of rotatable bonds is 8. The van der Waals surface area contributed by atoms with E-state index in [0.717, 1.165) is 0 Å². The normalized spacial score (nSPS) is 12.3. The number of carbonyl (C=O) groups is 1. The number of carbonyl (C=O) groups excluding carboxylic acids is 1. The molecule has 1 aromatic carbocycles. The van der Waals surface area contributed by atoms with E-state index in [4.69, 9.17) is 15.2 Å². The van der Waals surface area contributed by atoms with Gasteiger partial charge in [0.15, 0.2) is 17.3 Å². The number of nitrogens with two attached hydrogens (primary N) is 1. The number of benzene rings is 1. The van der Waals surface area contributed by atoms with E-state index in [1.807, 2.05) is 27.7 Å². The van der Waals surface area contributed by atoms with Crippen LogP contribution in [0.5, 0.6) is 11.5 Å². The van der Waals surface area contributed by atoms with Crippen molar-refractivity contribution in [3.05, 3.63) is 23.8 Å². The molecular weight excluding hydrogens is 254 g/mol. The molecule has 1 atom stereocenters. The number of ketones is 1. The van der Waals surface area contributed by atoms with Crippen LogP contribution in [0.1, 0.15) is 44.5 Å². The summed E-state index contributed by atoms with van der Waals surface area (Å²) in [6, 6.07) is 5.17. The minimum atomic E-state index is -0.121. The first-order valence-corrected chi connectivity index (χ1v) is 7.18. The van der Waals surface area contributed by atoms with Crippen molar-refractivity contribution in [1.82, 2.24) is 0 Å². The summed E-state index contributed by atoms with van der Waals surface area (Å²) in [6.45, 7) is 8.94. The van der Waals surface area contributed by atoms with Crippen LogP contribution < -0.4 is 15.2 Å². The molecule has 1 unspecified atom stereocenters. The molecule has 0 amide bonds. The average molecular weight is 279 g/mol. The van der Waals surface area contributed by atoms with Gasteiger partial charge in [0.1, 0.15) is 0 Å². The van der Waals surface area contributed by atoms with E-state index < -0.39 is 0 Å². The van der Waals surface area contributed by atoms with Gasteiger partial charge in [0.2, 0.25) is 0 Å². The van der Waals surface area contributed by atoms with E-state index in [9.17, 15) is 4.79 Å². The Morgan fingerprint density at radius 1 is 1.15 bits per heavy atom. The topological polar surface area (TPSA) is 61.5 Å². The van der Waals surface area contributed by atoms with Gasteiger partial charge in [0.05, 0.1) is 13.2 Å². The summed E-state index contributed by atoms with van der Waals surface area (Å²) in [6.07, 6.45) is 0.344. The highest BCUT2D eigenvalue weighted by atomic mass is 16.5. The number of hydrogen-bond donors (Lipinski definition) is 1. The third kappa shape index (κ3) is 4.53. The summed E-state index contributed by atoms with van der Waals surface area (Å²) >= 11 is 0. The molecule has 2 N–H and O–H groups in total. The standard InChI is InChI=1S/C16H25NO3/c1-5-19-15-8-7-12(9-16(15)20-6-2)14(18)10-13(17)11(3)4/h7-9,11,13H,5-6,10,17H2,1-4H3. The molecule has 0 saturated heterocycles. The molecular formula is C16H25NO3. The van der Waals surface area contributed by atoms with Crippen molar-refractivity contribution in [3.8, 4) is 11.5 Å². The highest BCUT2D eigenvalue weighted by Crippen LogP contribution is 2.29. The van der Waals surface area contributed by atoms with Crippen molar-refractivity contribution in [2.45, 2.75) is 40.2 Å². The molecule has 0 aliphatic carbocycles. The maximum Gasteiger partial charge on any atom is 0.164 e. The molecule has 0 saturated carbocycles. The van der Waals surface area contributed by atoms with Gasteiger partial charge in [-0.2, -0.15) is 0 Å². The van der Waals surface area contributed by atoms with E-state index in [2.05, 4.69) is 0 Å². The second-order valence-corrected chi connectivity index (χ2v) is 5.06. The van der Waals surface area contributed by atoms with Gasteiger partial charge in [-0.1, -0.05) is 13.8 Å². The van der Waals surface area contributed by atoms with Gasteiger partial charge >= 0.3 is 0 Å². The first kappa shape index (κ1) is 16.5. The Balaban J connectivity index is 2.90. The highest BCUT2D eigenvalue weighted by Gasteiger charge is 2.16. The molecule has 0 aliphatic heterocycles. The number of hydrogen-bond acceptors (Lipinski definition) is 4. The zero-order chi connectivity index (χ0) is 15.1. The molecule has 0 spiro atoms. The molecule has 0 aliphatic rings. The Morgan fingerprint density at radius 2 is 1.75 bits per heavy atom. The van der Waals surface area contributed by atoms with Gasteiger partial charge in [-0.25, -0.2) is 0 Å². The SMILES string of the molecule is CCOc1ccc(C(=O)CC(N)C(C)C)cc1OCC. The van der Waals surface area contributed by atoms with Gasteiger partial charge in [-0.05, 0) is 38.0 Å². The first-order valence-electron chi connectivity index (χ1n) is 7.18. The van der Waals surface area contributed by atoms with E-state index >= 15 is 0 Å². The van der Waals surface area contributed by atoms with Gasteiger partial charge < -0.3 is 15.2 Å². The van der Waals surface area contributed by atoms with Crippen LogP contribution in [0, 0.1) is 5.92 Å². The Bertz CT molecular complexity index is 443. The molecule has 4 nitrogen and oxygen atoms in total. The smallest absolute Gasteiger partial charge is 0.164 e. The van der Waals surface area contributed by atoms with E-state index in [1.54, 1.807) is 18.2 Å². The van der Waals surface area contributed by atoms with Gasteiger partial charge in [-0.15, -0.1) is 0 Å². The van der Waals surface area contributed by atoms with Crippen molar-refractivity contribution in [3.63, 3.8) is 0 Å². The molecule has 4 heteroatoms. The maximum atomic E-state index is 12.2. The second kappa shape index (κ2) is 7.90. The molecule has 1 aromatic rings. The summed E-state index contributed by atoms with van der Waals surface area (Å²) < 4.78 is 11.0. The molecule has 0 bridgehead atoms. The molecule has 112 valence electrons. The second-order valence-electron chi connectivity index (χ2n) is 5.06. The Morgan fingerprint density at radius 3 is 2.30 bits per heavy atom.